The standard InChI is InChI=1S/C36H56N2O5.Ni/c1-5-9-11-12-13-14-16-32(38-30-22-26(7-3)21-27(8-4)23-30)31(15-10-6-2)37-29-19-17-28(18-20-29)24-33(40)35(42)36(43)34(41)25-39;/h17-23,33-36,39-43H,5-16,24-25H2,1-4H3;. The summed E-state index contributed by atoms with van der Waals surface area (Å²) in [6.07, 6.45) is 7.10. The molecule has 0 saturated carbocycles. The van der Waals surface area contributed by atoms with Crippen LogP contribution in [0.5, 0.6) is 0 Å². The van der Waals surface area contributed by atoms with Crippen LogP contribution in [-0.2, 0) is 35.8 Å². The van der Waals surface area contributed by atoms with Crippen molar-refractivity contribution in [2.75, 3.05) is 6.61 Å². The van der Waals surface area contributed by atoms with Crippen LogP contribution in [0.2, 0.25) is 0 Å². The summed E-state index contributed by atoms with van der Waals surface area (Å²) >= 11 is 0. The predicted octanol–water partition coefficient (Wildman–Crippen LogP) is 6.57. The summed E-state index contributed by atoms with van der Waals surface area (Å²) in [7, 11) is 0. The summed E-state index contributed by atoms with van der Waals surface area (Å²) in [5, 5.41) is 49.1. The number of rotatable bonds is 21. The first-order valence-corrected chi connectivity index (χ1v) is 16.5. The quantitative estimate of drug-likeness (QED) is 0.0591. The molecule has 4 atom stereocenters. The molecule has 0 spiro atoms. The van der Waals surface area contributed by atoms with Crippen LogP contribution in [0.25, 0.3) is 0 Å². The normalized spacial score (nSPS) is 15.0. The van der Waals surface area contributed by atoms with Crippen LogP contribution in [0.3, 0.4) is 0 Å². The van der Waals surface area contributed by atoms with Gasteiger partial charge in [0.2, 0.25) is 0 Å². The molecule has 0 heterocycles. The van der Waals surface area contributed by atoms with E-state index in [0.29, 0.717) is 0 Å². The van der Waals surface area contributed by atoms with E-state index in [-0.39, 0.29) is 22.9 Å². The Kier molecular flexibility index (Phi) is 20.6. The number of nitrogens with zero attached hydrogens (tertiary/aromatic N) is 2. The molecular formula is C36H56N2NiO5. The average Bonchev–Trinajstić information content (AvgIpc) is 3.03. The fourth-order valence-corrected chi connectivity index (χ4v) is 5.11. The summed E-state index contributed by atoms with van der Waals surface area (Å²) in [5.74, 6) is 0. The van der Waals surface area contributed by atoms with Crippen molar-refractivity contribution in [3.05, 3.63) is 59.2 Å². The molecule has 8 heteroatoms. The second-order valence-corrected chi connectivity index (χ2v) is 11.6. The maximum absolute atomic E-state index is 10.4. The van der Waals surface area contributed by atoms with Crippen molar-refractivity contribution in [2.24, 2.45) is 9.98 Å². The van der Waals surface area contributed by atoms with Gasteiger partial charge in [-0.3, -0.25) is 9.98 Å². The zero-order valence-electron chi connectivity index (χ0n) is 27.2. The molecule has 44 heavy (non-hydrogen) atoms. The van der Waals surface area contributed by atoms with Crippen molar-refractivity contribution in [3.8, 4) is 0 Å². The van der Waals surface area contributed by atoms with Crippen LogP contribution in [0.1, 0.15) is 109 Å². The second kappa shape index (κ2) is 22.6. The van der Waals surface area contributed by atoms with Gasteiger partial charge in [0.25, 0.3) is 0 Å². The number of benzene rings is 2. The molecule has 4 unspecified atom stereocenters. The van der Waals surface area contributed by atoms with Crippen LogP contribution in [0.15, 0.2) is 52.4 Å². The maximum Gasteiger partial charge on any atom is 0.110 e. The number of hydrogen-bond acceptors (Lipinski definition) is 7. The minimum atomic E-state index is -1.64. The van der Waals surface area contributed by atoms with Crippen molar-refractivity contribution in [2.45, 2.75) is 136 Å². The van der Waals surface area contributed by atoms with Gasteiger partial charge in [-0.25, -0.2) is 0 Å². The molecule has 2 rings (SSSR count). The van der Waals surface area contributed by atoms with E-state index in [1.807, 2.05) is 24.3 Å². The number of unbranched alkanes of at least 4 members (excludes halogenated alkanes) is 6. The molecule has 2 aromatic rings. The van der Waals surface area contributed by atoms with E-state index in [0.717, 1.165) is 73.3 Å². The van der Waals surface area contributed by atoms with Gasteiger partial charge in [0.15, 0.2) is 0 Å². The minimum Gasteiger partial charge on any atom is -0.394 e. The molecule has 0 aromatic heterocycles. The molecule has 0 aliphatic heterocycles. The Morgan fingerprint density at radius 3 is 1.64 bits per heavy atom. The second-order valence-electron chi connectivity index (χ2n) is 11.6. The van der Waals surface area contributed by atoms with Gasteiger partial charge in [-0.1, -0.05) is 84.4 Å². The Morgan fingerprint density at radius 2 is 1.09 bits per heavy atom. The van der Waals surface area contributed by atoms with E-state index in [1.54, 1.807) is 0 Å². The summed E-state index contributed by atoms with van der Waals surface area (Å²) in [4.78, 5) is 10.3. The Labute approximate surface area is 275 Å². The van der Waals surface area contributed by atoms with Gasteiger partial charge in [-0.15, -0.1) is 0 Å². The molecule has 5 N–H and O–H groups in total. The topological polar surface area (TPSA) is 126 Å². The molecule has 2 aromatic carbocycles. The average molecular weight is 656 g/mol. The van der Waals surface area contributed by atoms with Crippen molar-refractivity contribution in [3.63, 3.8) is 0 Å². The zero-order valence-corrected chi connectivity index (χ0v) is 28.2. The van der Waals surface area contributed by atoms with Crippen molar-refractivity contribution < 1.29 is 42.0 Å². The Bertz CT molecular complexity index is 1100. The summed E-state index contributed by atoms with van der Waals surface area (Å²) < 4.78 is 0. The predicted molar refractivity (Wildman–Crippen MR) is 178 cm³/mol. The largest absolute Gasteiger partial charge is 0.394 e. The maximum atomic E-state index is 10.4. The number of aliphatic hydroxyl groups excluding tert-OH is 5. The molecule has 0 amide bonds. The fourth-order valence-electron chi connectivity index (χ4n) is 5.11. The summed E-state index contributed by atoms with van der Waals surface area (Å²) in [6, 6.07) is 14.2. The van der Waals surface area contributed by atoms with Gasteiger partial charge < -0.3 is 25.5 Å². The van der Waals surface area contributed by atoms with E-state index in [9.17, 15) is 20.4 Å². The third-order valence-electron chi connectivity index (χ3n) is 7.96. The van der Waals surface area contributed by atoms with Crippen LogP contribution in [-0.4, -0.2) is 68.0 Å². The van der Waals surface area contributed by atoms with Crippen LogP contribution >= 0.6 is 0 Å². The summed E-state index contributed by atoms with van der Waals surface area (Å²) in [6.45, 7) is 8.08. The first-order chi connectivity index (χ1) is 20.8. The number of aryl methyl sites for hydroxylation is 2. The number of aliphatic imine (C=N–C) groups is 2. The molecule has 0 aliphatic rings. The van der Waals surface area contributed by atoms with Crippen molar-refractivity contribution >= 4 is 22.8 Å². The van der Waals surface area contributed by atoms with E-state index >= 15 is 0 Å². The SMILES string of the molecule is CCCCCCCCC(=Nc1cc(CC)cc(CC)c1)C(CCCC)=Nc1ccc(CC(O)C(O)C(O)C(O)CO)cc1.[Ni]. The molecular weight excluding hydrogens is 599 g/mol. The number of hydrogen-bond donors (Lipinski definition) is 5. The third-order valence-corrected chi connectivity index (χ3v) is 7.96. The third kappa shape index (κ3) is 14.0. The van der Waals surface area contributed by atoms with Gasteiger partial charge in [0.1, 0.15) is 18.3 Å². The Balaban J connectivity index is 0.00000968. The van der Waals surface area contributed by atoms with Crippen molar-refractivity contribution in [1.82, 2.24) is 0 Å². The van der Waals surface area contributed by atoms with Gasteiger partial charge >= 0.3 is 0 Å². The van der Waals surface area contributed by atoms with Crippen LogP contribution < -0.4 is 0 Å². The van der Waals surface area contributed by atoms with Crippen LogP contribution in [0, 0.1) is 0 Å². The van der Waals surface area contributed by atoms with E-state index < -0.39 is 31.0 Å². The first kappa shape index (κ1) is 40.1. The van der Waals surface area contributed by atoms with Crippen molar-refractivity contribution in [1.29, 1.82) is 0 Å². The monoisotopic (exact) mass is 654 g/mol. The van der Waals surface area contributed by atoms with Gasteiger partial charge in [-0.05, 0) is 79.5 Å². The minimum absolute atomic E-state index is 0. The number of aliphatic hydroxyl groups is 5. The molecule has 0 fully saturated rings. The fraction of sp³-hybridized carbons (Fsp3) is 0.611. The zero-order chi connectivity index (χ0) is 31.6. The summed E-state index contributed by atoms with van der Waals surface area (Å²) in [5.41, 5.74) is 7.22. The molecule has 0 saturated heterocycles. The van der Waals surface area contributed by atoms with Gasteiger partial charge in [0.05, 0.1) is 35.5 Å². The molecule has 0 aliphatic carbocycles. The Hall–Kier alpha value is -1.93. The molecule has 0 radical (unpaired) electrons. The first-order valence-electron chi connectivity index (χ1n) is 16.5. The van der Waals surface area contributed by atoms with Gasteiger partial charge in [-0.2, -0.15) is 0 Å². The van der Waals surface area contributed by atoms with Crippen LogP contribution in [0.4, 0.5) is 11.4 Å². The molecule has 250 valence electrons. The van der Waals surface area contributed by atoms with Gasteiger partial charge in [0, 0.05) is 22.9 Å². The molecule has 7 nitrogen and oxygen atoms in total. The van der Waals surface area contributed by atoms with E-state index in [1.165, 1.54) is 43.2 Å². The smallest absolute Gasteiger partial charge is 0.110 e. The van der Waals surface area contributed by atoms with E-state index in [2.05, 4.69) is 45.9 Å². The molecule has 0 bridgehead atoms. The van der Waals surface area contributed by atoms with E-state index in [4.69, 9.17) is 15.1 Å². The Morgan fingerprint density at radius 1 is 0.591 bits per heavy atom.